The van der Waals surface area contributed by atoms with Crippen molar-refractivity contribution in [3.05, 3.63) is 99.6 Å². The summed E-state index contributed by atoms with van der Waals surface area (Å²) >= 11 is 12.3. The lowest BCUT2D eigenvalue weighted by molar-refractivity contribution is 0.282. The molecule has 0 saturated carbocycles. The van der Waals surface area contributed by atoms with Gasteiger partial charge in [-0.3, -0.25) is 0 Å². The van der Waals surface area contributed by atoms with Gasteiger partial charge in [0.05, 0.1) is 7.11 Å². The lowest BCUT2D eigenvalue weighted by Gasteiger charge is -2.17. The number of anilines is 1. The van der Waals surface area contributed by atoms with E-state index in [2.05, 4.69) is 43.1 Å². The second-order valence-electron chi connectivity index (χ2n) is 7.03. The SMILES string of the molecule is C=CCc1cc(CNc2cccc(C)c2)cc(OC)c1OCc1ccc(Cl)cc1Cl. The second-order valence-corrected chi connectivity index (χ2v) is 7.87. The van der Waals surface area contributed by atoms with Crippen molar-refractivity contribution in [1.82, 2.24) is 0 Å². The van der Waals surface area contributed by atoms with Crippen molar-refractivity contribution in [1.29, 1.82) is 0 Å². The Balaban J connectivity index is 1.82. The van der Waals surface area contributed by atoms with Crippen LogP contribution in [-0.4, -0.2) is 7.11 Å². The Morgan fingerprint density at radius 2 is 1.87 bits per heavy atom. The minimum atomic E-state index is 0.317. The molecule has 3 rings (SSSR count). The lowest BCUT2D eigenvalue weighted by Crippen LogP contribution is -2.05. The van der Waals surface area contributed by atoms with E-state index in [0.29, 0.717) is 41.1 Å². The van der Waals surface area contributed by atoms with Crippen LogP contribution >= 0.6 is 23.2 Å². The molecule has 30 heavy (non-hydrogen) atoms. The van der Waals surface area contributed by atoms with E-state index in [1.165, 1.54) is 5.56 Å². The third-order valence-electron chi connectivity index (χ3n) is 4.68. The summed E-state index contributed by atoms with van der Waals surface area (Å²) in [5.41, 5.74) is 5.27. The van der Waals surface area contributed by atoms with Gasteiger partial charge in [0.25, 0.3) is 0 Å². The summed E-state index contributed by atoms with van der Waals surface area (Å²) in [6.07, 6.45) is 2.52. The van der Waals surface area contributed by atoms with Crippen LogP contribution in [0.5, 0.6) is 11.5 Å². The molecular formula is C25H25Cl2NO2. The number of hydrogen-bond acceptors (Lipinski definition) is 3. The Morgan fingerprint density at radius 1 is 1.03 bits per heavy atom. The molecule has 0 unspecified atom stereocenters. The number of aryl methyl sites for hydroxylation is 1. The van der Waals surface area contributed by atoms with E-state index < -0.39 is 0 Å². The van der Waals surface area contributed by atoms with E-state index in [-0.39, 0.29) is 0 Å². The van der Waals surface area contributed by atoms with Crippen LogP contribution in [0.25, 0.3) is 0 Å². The fourth-order valence-electron chi connectivity index (χ4n) is 3.20. The van der Waals surface area contributed by atoms with E-state index in [4.69, 9.17) is 32.7 Å². The predicted octanol–water partition coefficient (Wildman–Crippen LogP) is 7.23. The Hall–Kier alpha value is -2.62. The molecule has 0 atom stereocenters. The van der Waals surface area contributed by atoms with Gasteiger partial charge >= 0.3 is 0 Å². The van der Waals surface area contributed by atoms with Crippen molar-refractivity contribution in [2.45, 2.75) is 26.5 Å². The van der Waals surface area contributed by atoms with Crippen LogP contribution in [0.4, 0.5) is 5.69 Å². The zero-order valence-electron chi connectivity index (χ0n) is 17.2. The third-order valence-corrected chi connectivity index (χ3v) is 5.26. The normalized spacial score (nSPS) is 10.5. The fourth-order valence-corrected chi connectivity index (χ4v) is 3.66. The van der Waals surface area contributed by atoms with Gasteiger partial charge in [-0.15, -0.1) is 6.58 Å². The summed E-state index contributed by atoms with van der Waals surface area (Å²) in [4.78, 5) is 0. The van der Waals surface area contributed by atoms with Crippen molar-refractivity contribution >= 4 is 28.9 Å². The minimum absolute atomic E-state index is 0.317. The average molecular weight is 442 g/mol. The molecule has 0 aliphatic carbocycles. The van der Waals surface area contributed by atoms with Gasteiger partial charge in [-0.2, -0.15) is 0 Å². The fraction of sp³-hybridized carbons (Fsp3) is 0.200. The van der Waals surface area contributed by atoms with Crippen LogP contribution in [0, 0.1) is 6.92 Å². The molecule has 0 aromatic heterocycles. The van der Waals surface area contributed by atoms with E-state index >= 15 is 0 Å². The van der Waals surface area contributed by atoms with Gasteiger partial charge < -0.3 is 14.8 Å². The maximum atomic E-state index is 6.29. The zero-order valence-corrected chi connectivity index (χ0v) is 18.7. The molecule has 0 bridgehead atoms. The van der Waals surface area contributed by atoms with Crippen molar-refractivity contribution in [3.8, 4) is 11.5 Å². The van der Waals surface area contributed by atoms with Crippen molar-refractivity contribution in [2.24, 2.45) is 0 Å². The number of hydrogen-bond donors (Lipinski definition) is 1. The van der Waals surface area contributed by atoms with Gasteiger partial charge in [-0.25, -0.2) is 0 Å². The number of benzene rings is 3. The zero-order chi connectivity index (χ0) is 21.5. The van der Waals surface area contributed by atoms with Crippen LogP contribution in [0.2, 0.25) is 10.0 Å². The first kappa shape index (κ1) is 22.1. The molecule has 0 spiro atoms. The molecule has 5 heteroatoms. The highest BCUT2D eigenvalue weighted by atomic mass is 35.5. The lowest BCUT2D eigenvalue weighted by atomic mass is 10.0. The van der Waals surface area contributed by atoms with E-state index in [1.807, 2.05) is 24.3 Å². The molecule has 3 aromatic rings. The van der Waals surface area contributed by atoms with Crippen LogP contribution in [0.15, 0.2) is 67.3 Å². The summed E-state index contributed by atoms with van der Waals surface area (Å²) in [5, 5.41) is 4.63. The van der Waals surface area contributed by atoms with Crippen LogP contribution in [-0.2, 0) is 19.6 Å². The maximum absolute atomic E-state index is 6.29. The van der Waals surface area contributed by atoms with Gasteiger partial charge in [-0.1, -0.05) is 47.5 Å². The first-order valence-electron chi connectivity index (χ1n) is 9.68. The van der Waals surface area contributed by atoms with E-state index in [0.717, 1.165) is 22.4 Å². The molecule has 0 radical (unpaired) electrons. The Labute approximate surface area is 188 Å². The van der Waals surface area contributed by atoms with Crippen LogP contribution in [0.1, 0.15) is 22.3 Å². The molecule has 0 heterocycles. The van der Waals surface area contributed by atoms with Gasteiger partial charge in [0.15, 0.2) is 11.5 Å². The molecule has 156 valence electrons. The van der Waals surface area contributed by atoms with E-state index in [1.54, 1.807) is 19.2 Å². The molecule has 3 aromatic carbocycles. The molecule has 0 aliphatic heterocycles. The first-order chi connectivity index (χ1) is 14.5. The largest absolute Gasteiger partial charge is 0.493 e. The second kappa shape index (κ2) is 10.4. The summed E-state index contributed by atoms with van der Waals surface area (Å²) in [6.45, 7) is 6.95. The highest BCUT2D eigenvalue weighted by molar-refractivity contribution is 6.35. The predicted molar refractivity (Wildman–Crippen MR) is 126 cm³/mol. The molecule has 0 fully saturated rings. The monoisotopic (exact) mass is 441 g/mol. The van der Waals surface area contributed by atoms with Gasteiger partial charge in [-0.05, 0) is 60.9 Å². The third kappa shape index (κ3) is 5.71. The Bertz CT molecular complexity index is 1030. The van der Waals surface area contributed by atoms with E-state index in [9.17, 15) is 0 Å². The Kier molecular flexibility index (Phi) is 7.67. The molecule has 0 amide bonds. The quantitative estimate of drug-likeness (QED) is 0.355. The average Bonchev–Trinajstić information content (AvgIpc) is 2.72. The summed E-state index contributed by atoms with van der Waals surface area (Å²) in [6, 6.07) is 17.8. The van der Waals surface area contributed by atoms with Crippen molar-refractivity contribution in [3.63, 3.8) is 0 Å². The van der Waals surface area contributed by atoms with Crippen molar-refractivity contribution in [2.75, 3.05) is 12.4 Å². The first-order valence-corrected chi connectivity index (χ1v) is 10.4. The Morgan fingerprint density at radius 3 is 2.57 bits per heavy atom. The van der Waals surface area contributed by atoms with Gasteiger partial charge in [0.1, 0.15) is 6.61 Å². The highest BCUT2D eigenvalue weighted by Crippen LogP contribution is 2.35. The number of rotatable bonds is 9. The van der Waals surface area contributed by atoms with Crippen molar-refractivity contribution < 1.29 is 9.47 Å². The topological polar surface area (TPSA) is 30.5 Å². The molecular weight excluding hydrogens is 417 g/mol. The number of methoxy groups -OCH3 is 1. The summed E-state index contributed by atoms with van der Waals surface area (Å²) < 4.78 is 11.8. The minimum Gasteiger partial charge on any atom is -0.493 e. The number of allylic oxidation sites excluding steroid dienone is 1. The number of halogens is 2. The smallest absolute Gasteiger partial charge is 0.165 e. The van der Waals surface area contributed by atoms with Crippen LogP contribution in [0.3, 0.4) is 0 Å². The maximum Gasteiger partial charge on any atom is 0.165 e. The summed E-state index contributed by atoms with van der Waals surface area (Å²) in [5.74, 6) is 1.38. The molecule has 0 aliphatic rings. The highest BCUT2D eigenvalue weighted by Gasteiger charge is 2.14. The summed E-state index contributed by atoms with van der Waals surface area (Å²) in [7, 11) is 1.65. The standard InChI is InChI=1S/C25H25Cl2NO2/c1-4-6-19-12-18(15-28-22-8-5-7-17(2)11-22)13-24(29-3)25(19)30-16-20-9-10-21(26)14-23(20)27/h4-5,7-14,28H,1,6,15-16H2,2-3H3. The molecule has 3 nitrogen and oxygen atoms in total. The molecule has 1 N–H and O–H groups in total. The molecule has 0 saturated heterocycles. The van der Waals surface area contributed by atoms with Crippen LogP contribution < -0.4 is 14.8 Å². The number of nitrogens with one attached hydrogen (secondary N) is 1. The van der Waals surface area contributed by atoms with Gasteiger partial charge in [0, 0.05) is 33.4 Å². The number of ether oxygens (including phenoxy) is 2. The van der Waals surface area contributed by atoms with Gasteiger partial charge in [0.2, 0.25) is 0 Å².